The van der Waals surface area contributed by atoms with Crippen LogP contribution in [0.5, 0.6) is 0 Å². The number of piperidine rings is 1. The van der Waals surface area contributed by atoms with Crippen LogP contribution in [0.1, 0.15) is 32.6 Å². The van der Waals surface area contributed by atoms with Crippen LogP contribution < -0.4 is 5.32 Å². The topological polar surface area (TPSA) is 58.6 Å². The molecule has 2 unspecified atom stereocenters. The molecule has 0 aromatic rings. The summed E-state index contributed by atoms with van der Waals surface area (Å²) in [7, 11) is -2.77. The van der Waals surface area contributed by atoms with Crippen LogP contribution in [-0.2, 0) is 14.6 Å². The third-order valence-corrected chi connectivity index (χ3v) is 5.88. The molecule has 0 bridgehead atoms. The summed E-state index contributed by atoms with van der Waals surface area (Å²) in [6, 6.07) is 0.164. The normalized spacial score (nSPS) is 30.6. The van der Waals surface area contributed by atoms with E-state index in [4.69, 9.17) is 4.74 Å². The summed E-state index contributed by atoms with van der Waals surface area (Å²) in [6.07, 6.45) is 4.60. The SMILES string of the molecule is CCCOC1CCCN(CCNC2CCS(=O)(=O)C2)C1. The van der Waals surface area contributed by atoms with E-state index in [-0.39, 0.29) is 6.04 Å². The molecule has 2 rings (SSSR count). The largest absolute Gasteiger partial charge is 0.377 e. The number of nitrogens with one attached hydrogen (secondary N) is 1. The molecule has 2 atom stereocenters. The lowest BCUT2D eigenvalue weighted by Crippen LogP contribution is -2.44. The highest BCUT2D eigenvalue weighted by molar-refractivity contribution is 7.91. The van der Waals surface area contributed by atoms with Crippen LogP contribution in [0.2, 0.25) is 0 Å². The van der Waals surface area contributed by atoms with Crippen molar-refractivity contribution in [3.8, 4) is 0 Å². The van der Waals surface area contributed by atoms with Gasteiger partial charge in [0.25, 0.3) is 0 Å². The van der Waals surface area contributed by atoms with E-state index in [1.54, 1.807) is 0 Å². The first-order chi connectivity index (χ1) is 9.59. The summed E-state index contributed by atoms with van der Waals surface area (Å²) in [5.41, 5.74) is 0. The van der Waals surface area contributed by atoms with Crippen LogP contribution in [0.15, 0.2) is 0 Å². The van der Waals surface area contributed by atoms with E-state index < -0.39 is 9.84 Å². The van der Waals surface area contributed by atoms with Gasteiger partial charge in [-0.15, -0.1) is 0 Å². The summed E-state index contributed by atoms with van der Waals surface area (Å²) in [5.74, 6) is 0.663. The minimum atomic E-state index is -2.77. The molecule has 2 heterocycles. The Morgan fingerprint density at radius 2 is 2.20 bits per heavy atom. The van der Waals surface area contributed by atoms with Crippen molar-refractivity contribution in [3.63, 3.8) is 0 Å². The minimum Gasteiger partial charge on any atom is -0.377 e. The molecule has 0 saturated carbocycles. The van der Waals surface area contributed by atoms with Gasteiger partial charge in [-0.05, 0) is 32.2 Å². The molecule has 118 valence electrons. The summed E-state index contributed by atoms with van der Waals surface area (Å²) >= 11 is 0. The van der Waals surface area contributed by atoms with Gasteiger partial charge in [0.15, 0.2) is 9.84 Å². The second kappa shape index (κ2) is 7.73. The highest BCUT2D eigenvalue weighted by Crippen LogP contribution is 2.14. The molecule has 0 aromatic carbocycles. The predicted octanol–water partition coefficient (Wildman–Crippen LogP) is 0.654. The Labute approximate surface area is 123 Å². The fourth-order valence-corrected chi connectivity index (χ4v) is 4.73. The molecule has 2 saturated heterocycles. The number of ether oxygens (including phenoxy) is 1. The lowest BCUT2D eigenvalue weighted by atomic mass is 10.1. The standard InChI is InChI=1S/C14H28N2O3S/c1-2-9-19-14-4-3-7-16(11-14)8-6-15-13-5-10-20(17,18)12-13/h13-15H,2-12H2,1H3. The maximum atomic E-state index is 11.4. The Morgan fingerprint density at radius 1 is 1.35 bits per heavy atom. The fraction of sp³-hybridized carbons (Fsp3) is 1.00. The highest BCUT2D eigenvalue weighted by Gasteiger charge is 2.27. The molecule has 0 spiro atoms. The van der Waals surface area contributed by atoms with Gasteiger partial charge in [-0.25, -0.2) is 8.42 Å². The quantitative estimate of drug-likeness (QED) is 0.748. The molecule has 5 nitrogen and oxygen atoms in total. The molecule has 0 amide bonds. The van der Waals surface area contributed by atoms with Crippen molar-refractivity contribution >= 4 is 9.84 Å². The zero-order valence-electron chi connectivity index (χ0n) is 12.5. The minimum absolute atomic E-state index is 0.164. The van der Waals surface area contributed by atoms with Gasteiger partial charge in [0, 0.05) is 32.3 Å². The van der Waals surface area contributed by atoms with Gasteiger partial charge in [0.05, 0.1) is 17.6 Å². The van der Waals surface area contributed by atoms with E-state index in [0.29, 0.717) is 17.6 Å². The van der Waals surface area contributed by atoms with E-state index in [1.807, 2.05) is 0 Å². The molecule has 0 radical (unpaired) electrons. The molecule has 2 fully saturated rings. The average Bonchev–Trinajstić information content (AvgIpc) is 2.76. The van der Waals surface area contributed by atoms with Crippen molar-refractivity contribution in [1.29, 1.82) is 0 Å². The average molecular weight is 304 g/mol. The van der Waals surface area contributed by atoms with E-state index >= 15 is 0 Å². The van der Waals surface area contributed by atoms with Crippen LogP contribution in [-0.4, -0.2) is 69.8 Å². The van der Waals surface area contributed by atoms with Crippen LogP contribution in [0.3, 0.4) is 0 Å². The molecule has 6 heteroatoms. The molecule has 2 aliphatic heterocycles. The number of sulfone groups is 1. The van der Waals surface area contributed by atoms with Crippen molar-refractivity contribution in [2.75, 3.05) is 44.3 Å². The van der Waals surface area contributed by atoms with Crippen molar-refractivity contribution in [1.82, 2.24) is 10.2 Å². The number of rotatable bonds is 7. The van der Waals surface area contributed by atoms with Crippen LogP contribution >= 0.6 is 0 Å². The van der Waals surface area contributed by atoms with Crippen molar-refractivity contribution in [3.05, 3.63) is 0 Å². The van der Waals surface area contributed by atoms with E-state index in [0.717, 1.165) is 45.6 Å². The molecule has 0 aliphatic carbocycles. The van der Waals surface area contributed by atoms with Crippen molar-refractivity contribution in [2.45, 2.75) is 44.8 Å². The molecule has 2 aliphatic rings. The maximum absolute atomic E-state index is 11.4. The van der Waals surface area contributed by atoms with Gasteiger partial charge in [-0.1, -0.05) is 6.92 Å². The molecular formula is C14H28N2O3S. The van der Waals surface area contributed by atoms with Crippen molar-refractivity contribution in [2.24, 2.45) is 0 Å². The monoisotopic (exact) mass is 304 g/mol. The van der Waals surface area contributed by atoms with Gasteiger partial charge in [-0.3, -0.25) is 4.90 Å². The summed E-state index contributed by atoms with van der Waals surface area (Å²) < 4.78 is 28.6. The number of hydrogen-bond acceptors (Lipinski definition) is 5. The Morgan fingerprint density at radius 3 is 2.90 bits per heavy atom. The first kappa shape index (κ1) is 16.2. The Kier molecular flexibility index (Phi) is 6.26. The number of nitrogens with zero attached hydrogens (tertiary/aromatic N) is 1. The summed E-state index contributed by atoms with van der Waals surface area (Å²) in [5, 5.41) is 3.38. The third kappa shape index (κ3) is 5.31. The van der Waals surface area contributed by atoms with Crippen molar-refractivity contribution < 1.29 is 13.2 Å². The zero-order chi connectivity index (χ0) is 14.4. The van der Waals surface area contributed by atoms with Crippen LogP contribution in [0, 0.1) is 0 Å². The lowest BCUT2D eigenvalue weighted by molar-refractivity contribution is 0.000266. The predicted molar refractivity (Wildman–Crippen MR) is 80.8 cm³/mol. The molecular weight excluding hydrogens is 276 g/mol. The smallest absolute Gasteiger partial charge is 0.151 e. The second-order valence-corrected chi connectivity index (χ2v) is 8.22. The van der Waals surface area contributed by atoms with E-state index in [1.165, 1.54) is 12.8 Å². The Bertz CT molecular complexity index is 386. The highest BCUT2D eigenvalue weighted by atomic mass is 32.2. The first-order valence-electron chi connectivity index (χ1n) is 7.87. The molecule has 20 heavy (non-hydrogen) atoms. The fourth-order valence-electron chi connectivity index (χ4n) is 3.02. The molecule has 1 N–H and O–H groups in total. The van der Waals surface area contributed by atoms with Gasteiger partial charge < -0.3 is 10.1 Å². The van der Waals surface area contributed by atoms with E-state index in [9.17, 15) is 8.42 Å². The first-order valence-corrected chi connectivity index (χ1v) is 9.69. The van der Waals surface area contributed by atoms with Gasteiger partial charge in [-0.2, -0.15) is 0 Å². The summed E-state index contributed by atoms with van der Waals surface area (Å²) in [6.45, 7) is 7.02. The van der Waals surface area contributed by atoms with Gasteiger partial charge in [0.1, 0.15) is 0 Å². The third-order valence-electron chi connectivity index (χ3n) is 4.11. The lowest BCUT2D eigenvalue weighted by Gasteiger charge is -2.32. The number of hydrogen-bond donors (Lipinski definition) is 1. The van der Waals surface area contributed by atoms with Gasteiger partial charge >= 0.3 is 0 Å². The number of likely N-dealkylation sites (tertiary alicyclic amines) is 1. The Hall–Kier alpha value is -0.170. The maximum Gasteiger partial charge on any atom is 0.151 e. The molecule has 0 aromatic heterocycles. The summed E-state index contributed by atoms with van der Waals surface area (Å²) in [4.78, 5) is 2.43. The van der Waals surface area contributed by atoms with Crippen LogP contribution in [0.25, 0.3) is 0 Å². The second-order valence-electron chi connectivity index (χ2n) is 5.99. The Balaban J connectivity index is 1.61. The van der Waals surface area contributed by atoms with E-state index in [2.05, 4.69) is 17.1 Å². The van der Waals surface area contributed by atoms with Crippen LogP contribution in [0.4, 0.5) is 0 Å². The van der Waals surface area contributed by atoms with Gasteiger partial charge in [0.2, 0.25) is 0 Å². The zero-order valence-corrected chi connectivity index (χ0v) is 13.3.